The molecule has 0 aromatic rings. The molecule has 2 aliphatic rings. The van der Waals surface area contributed by atoms with Crippen LogP contribution in [0.2, 0.25) is 0 Å². The fraction of sp³-hybridized carbons (Fsp3) is 0.760. The number of aliphatic hydroxyl groups is 1. The van der Waals surface area contributed by atoms with Crippen LogP contribution in [0.1, 0.15) is 80.1 Å². The van der Waals surface area contributed by atoms with Crippen LogP contribution in [-0.2, 0) is 19.1 Å². The first-order valence-corrected chi connectivity index (χ1v) is 11.3. The van der Waals surface area contributed by atoms with Gasteiger partial charge in [0.15, 0.2) is 6.10 Å². The monoisotopic (exact) mass is 420 g/mol. The first-order valence-electron chi connectivity index (χ1n) is 11.3. The lowest BCUT2D eigenvalue weighted by atomic mass is 9.45. The highest BCUT2D eigenvalue weighted by Crippen LogP contribution is 2.63. The van der Waals surface area contributed by atoms with Gasteiger partial charge in [0.2, 0.25) is 0 Å². The second kappa shape index (κ2) is 10.1. The third-order valence-corrected chi connectivity index (χ3v) is 7.55. The largest absolute Gasteiger partial charge is 0.461 e. The second-order valence-electron chi connectivity index (χ2n) is 9.88. The van der Waals surface area contributed by atoms with Crippen LogP contribution in [-0.4, -0.2) is 36.4 Å². The van der Waals surface area contributed by atoms with Crippen LogP contribution in [0.15, 0.2) is 23.3 Å². The zero-order chi connectivity index (χ0) is 22.5. The molecule has 1 saturated carbocycles. The van der Waals surface area contributed by atoms with E-state index in [4.69, 9.17) is 9.47 Å². The van der Waals surface area contributed by atoms with Crippen molar-refractivity contribution in [3.8, 4) is 0 Å². The molecule has 0 saturated heterocycles. The first-order chi connectivity index (χ1) is 14.0. The van der Waals surface area contributed by atoms with Crippen molar-refractivity contribution in [2.24, 2.45) is 22.7 Å². The van der Waals surface area contributed by atoms with Crippen molar-refractivity contribution < 1.29 is 24.2 Å². The van der Waals surface area contributed by atoms with Crippen molar-refractivity contribution >= 4 is 11.9 Å². The van der Waals surface area contributed by atoms with Gasteiger partial charge in [-0.05, 0) is 69.1 Å². The maximum atomic E-state index is 13.3. The zero-order valence-corrected chi connectivity index (χ0v) is 19.6. The molecule has 1 N–H and O–H groups in total. The highest BCUT2D eigenvalue weighted by atomic mass is 16.6. The summed E-state index contributed by atoms with van der Waals surface area (Å²) in [7, 11) is 0. The van der Waals surface area contributed by atoms with Crippen molar-refractivity contribution in [1.82, 2.24) is 0 Å². The highest BCUT2D eigenvalue weighted by Gasteiger charge is 2.58. The quantitative estimate of drug-likeness (QED) is 0.443. The maximum Gasteiger partial charge on any atom is 0.309 e. The number of aliphatic hydroxyl groups excluding tert-OH is 1. The van der Waals surface area contributed by atoms with Crippen LogP contribution in [0.5, 0.6) is 0 Å². The average molecular weight is 421 g/mol. The van der Waals surface area contributed by atoms with Gasteiger partial charge in [0.1, 0.15) is 6.61 Å². The smallest absolute Gasteiger partial charge is 0.309 e. The van der Waals surface area contributed by atoms with Crippen molar-refractivity contribution in [1.29, 1.82) is 0 Å². The molecule has 2 aliphatic carbocycles. The maximum absolute atomic E-state index is 13.3. The lowest BCUT2D eigenvalue weighted by Gasteiger charge is -2.59. The van der Waals surface area contributed by atoms with Gasteiger partial charge in [0.25, 0.3) is 0 Å². The van der Waals surface area contributed by atoms with E-state index in [1.54, 1.807) is 0 Å². The summed E-state index contributed by atoms with van der Waals surface area (Å²) in [5.41, 5.74) is 2.62. The van der Waals surface area contributed by atoms with E-state index in [-0.39, 0.29) is 41.8 Å². The van der Waals surface area contributed by atoms with E-state index in [0.717, 1.165) is 38.5 Å². The third-order valence-electron chi connectivity index (χ3n) is 7.55. The van der Waals surface area contributed by atoms with Gasteiger partial charge in [0, 0.05) is 6.92 Å². The number of rotatable bonds is 8. The molecular weight excluding hydrogens is 380 g/mol. The summed E-state index contributed by atoms with van der Waals surface area (Å²) in [6.07, 6.45) is 9.97. The Morgan fingerprint density at radius 1 is 1.27 bits per heavy atom. The molecule has 0 aliphatic heterocycles. The number of allylic oxidation sites excluding steroid dienone is 4. The molecule has 0 bridgehead atoms. The number of carbonyl (C=O) groups is 2. The van der Waals surface area contributed by atoms with Gasteiger partial charge in [-0.2, -0.15) is 0 Å². The lowest BCUT2D eigenvalue weighted by Crippen LogP contribution is -2.55. The molecule has 2 rings (SSSR count). The molecule has 5 nitrogen and oxygen atoms in total. The standard InChI is InChI=1S/C25H40O5/c1-17(2)9-7-10-20-11-8-13-25(6)22(18(3)12-14-24(20,25)5)23(28)29-16-21(15-26)30-19(4)27/h9,11,18,21-22,26H,7-8,10,12-16H2,1-6H3/t18-,21+,22-,24-,25-/m1/s1. The van der Waals surface area contributed by atoms with E-state index in [9.17, 15) is 14.7 Å². The Morgan fingerprint density at radius 2 is 1.97 bits per heavy atom. The molecule has 30 heavy (non-hydrogen) atoms. The molecule has 1 fully saturated rings. The topological polar surface area (TPSA) is 72.8 Å². The number of fused-ring (bicyclic) bond motifs is 1. The van der Waals surface area contributed by atoms with Crippen molar-refractivity contribution in [3.63, 3.8) is 0 Å². The second-order valence-corrected chi connectivity index (χ2v) is 9.88. The summed E-state index contributed by atoms with van der Waals surface area (Å²) in [4.78, 5) is 24.4. The Bertz CT molecular complexity index is 690. The number of ether oxygens (including phenoxy) is 2. The van der Waals surface area contributed by atoms with Crippen LogP contribution < -0.4 is 0 Å². The van der Waals surface area contributed by atoms with E-state index in [1.165, 1.54) is 18.1 Å². The minimum Gasteiger partial charge on any atom is -0.461 e. The van der Waals surface area contributed by atoms with Gasteiger partial charge >= 0.3 is 11.9 Å². The third kappa shape index (κ3) is 5.16. The summed E-state index contributed by atoms with van der Waals surface area (Å²) in [5.74, 6) is -0.699. The van der Waals surface area contributed by atoms with Crippen LogP contribution in [0, 0.1) is 22.7 Å². The van der Waals surface area contributed by atoms with Gasteiger partial charge < -0.3 is 14.6 Å². The molecule has 170 valence electrons. The zero-order valence-electron chi connectivity index (χ0n) is 19.6. The fourth-order valence-electron chi connectivity index (χ4n) is 5.68. The van der Waals surface area contributed by atoms with Gasteiger partial charge in [-0.3, -0.25) is 9.59 Å². The minimum absolute atomic E-state index is 0.0246. The number of carbonyl (C=O) groups excluding carboxylic acids is 2. The van der Waals surface area contributed by atoms with Gasteiger partial charge in [-0.25, -0.2) is 0 Å². The Morgan fingerprint density at radius 3 is 2.57 bits per heavy atom. The molecule has 0 unspecified atom stereocenters. The van der Waals surface area contributed by atoms with Crippen LogP contribution in [0.4, 0.5) is 0 Å². The predicted octanol–water partition coefficient (Wildman–Crippen LogP) is 4.98. The lowest BCUT2D eigenvalue weighted by molar-refractivity contribution is -0.174. The Labute approximate surface area is 181 Å². The normalized spacial score (nSPS) is 31.8. The van der Waals surface area contributed by atoms with Crippen molar-refractivity contribution in [2.45, 2.75) is 86.2 Å². The first kappa shape index (κ1) is 24.6. The summed E-state index contributed by atoms with van der Waals surface area (Å²) in [6.45, 7) is 11.8. The predicted molar refractivity (Wildman–Crippen MR) is 118 cm³/mol. The molecule has 0 radical (unpaired) electrons. The molecule has 5 atom stereocenters. The molecule has 5 heteroatoms. The average Bonchev–Trinajstić information content (AvgIpc) is 2.66. The SMILES string of the molecule is CC(=O)O[C@@H](CO)COC(=O)[C@H]1[C@H](C)CC[C@]2(C)C(CCC=C(C)C)=CCC[C@]12C. The molecular formula is C25H40O5. The summed E-state index contributed by atoms with van der Waals surface area (Å²) in [6, 6.07) is 0. The molecule has 0 aromatic carbocycles. The number of hydrogen-bond acceptors (Lipinski definition) is 5. The Kier molecular flexibility index (Phi) is 8.32. The van der Waals surface area contributed by atoms with E-state index in [0.29, 0.717) is 0 Å². The van der Waals surface area contributed by atoms with Gasteiger partial charge in [-0.1, -0.05) is 44.1 Å². The summed E-state index contributed by atoms with van der Waals surface area (Å²) < 4.78 is 10.6. The summed E-state index contributed by atoms with van der Waals surface area (Å²) in [5, 5.41) is 9.40. The number of hydrogen-bond donors (Lipinski definition) is 1. The van der Waals surface area contributed by atoms with Crippen molar-refractivity contribution in [2.75, 3.05) is 13.2 Å². The van der Waals surface area contributed by atoms with Crippen LogP contribution >= 0.6 is 0 Å². The van der Waals surface area contributed by atoms with Crippen molar-refractivity contribution in [3.05, 3.63) is 23.3 Å². The van der Waals surface area contributed by atoms with E-state index < -0.39 is 12.1 Å². The molecule has 0 amide bonds. The fourth-order valence-corrected chi connectivity index (χ4v) is 5.68. The molecule has 0 spiro atoms. The van der Waals surface area contributed by atoms with Gasteiger partial charge in [-0.15, -0.1) is 0 Å². The van der Waals surface area contributed by atoms with E-state index in [1.807, 2.05) is 0 Å². The minimum atomic E-state index is -0.810. The van der Waals surface area contributed by atoms with E-state index >= 15 is 0 Å². The van der Waals surface area contributed by atoms with Crippen LogP contribution in [0.25, 0.3) is 0 Å². The number of esters is 2. The molecule has 0 heterocycles. The van der Waals surface area contributed by atoms with Gasteiger partial charge in [0.05, 0.1) is 12.5 Å². The molecule has 0 aromatic heterocycles. The Balaban J connectivity index is 2.20. The van der Waals surface area contributed by atoms with Crippen LogP contribution in [0.3, 0.4) is 0 Å². The Hall–Kier alpha value is -1.62. The highest BCUT2D eigenvalue weighted by molar-refractivity contribution is 5.74. The van der Waals surface area contributed by atoms with E-state index in [2.05, 4.69) is 46.8 Å². The summed E-state index contributed by atoms with van der Waals surface area (Å²) >= 11 is 0.